The SMILES string of the molecule is Cc1cc(C(=O)Nc2ccc3nc(N4CCCC4)sc3c2)cc(S(=O)(=O)N(C)C)c1C. The molecule has 0 aliphatic carbocycles. The van der Waals surface area contributed by atoms with Crippen molar-refractivity contribution in [3.05, 3.63) is 47.0 Å². The number of nitrogens with zero attached hydrogens (tertiary/aromatic N) is 3. The first-order chi connectivity index (χ1) is 14.7. The van der Waals surface area contributed by atoms with Crippen LogP contribution in [-0.4, -0.2) is 50.8 Å². The Morgan fingerprint density at radius 1 is 1.13 bits per heavy atom. The fourth-order valence-corrected chi connectivity index (χ4v) is 5.93. The second-order valence-corrected chi connectivity index (χ2v) is 11.2. The lowest BCUT2D eigenvalue weighted by Crippen LogP contribution is -2.24. The maximum Gasteiger partial charge on any atom is 0.255 e. The van der Waals surface area contributed by atoms with Gasteiger partial charge in [0.25, 0.3) is 5.91 Å². The van der Waals surface area contributed by atoms with Gasteiger partial charge in [0.05, 0.1) is 15.1 Å². The zero-order valence-electron chi connectivity index (χ0n) is 18.1. The number of thiazole rings is 1. The molecule has 3 aromatic rings. The molecule has 1 aliphatic rings. The normalized spacial score (nSPS) is 14.5. The van der Waals surface area contributed by atoms with Crippen LogP contribution in [0.2, 0.25) is 0 Å². The van der Waals surface area contributed by atoms with Crippen LogP contribution in [0.25, 0.3) is 10.2 Å². The standard InChI is InChI=1S/C22H26N4O3S2/c1-14-11-16(12-20(15(14)2)31(28,29)25(3)4)21(27)23-17-7-8-18-19(13-17)30-22(24-18)26-9-5-6-10-26/h7-8,11-13H,5-6,9-10H2,1-4H3,(H,23,27). The summed E-state index contributed by atoms with van der Waals surface area (Å²) in [5, 5.41) is 3.92. The Kier molecular flexibility index (Phi) is 5.76. The summed E-state index contributed by atoms with van der Waals surface area (Å²) in [6.45, 7) is 5.63. The second kappa shape index (κ2) is 8.22. The summed E-state index contributed by atoms with van der Waals surface area (Å²) in [7, 11) is -0.684. The molecule has 1 aliphatic heterocycles. The molecule has 1 aromatic heterocycles. The Labute approximate surface area is 186 Å². The van der Waals surface area contributed by atoms with Crippen LogP contribution in [0.1, 0.15) is 34.3 Å². The highest BCUT2D eigenvalue weighted by Gasteiger charge is 2.23. The zero-order valence-corrected chi connectivity index (χ0v) is 19.7. The van der Waals surface area contributed by atoms with Crippen molar-refractivity contribution in [3.63, 3.8) is 0 Å². The van der Waals surface area contributed by atoms with Gasteiger partial charge < -0.3 is 10.2 Å². The number of amides is 1. The van der Waals surface area contributed by atoms with Gasteiger partial charge in [0, 0.05) is 38.4 Å². The van der Waals surface area contributed by atoms with Crippen molar-refractivity contribution in [1.29, 1.82) is 0 Å². The van der Waals surface area contributed by atoms with E-state index in [1.165, 1.54) is 33.0 Å². The first-order valence-corrected chi connectivity index (χ1v) is 12.4. The van der Waals surface area contributed by atoms with Crippen molar-refractivity contribution in [2.45, 2.75) is 31.6 Å². The number of anilines is 2. The van der Waals surface area contributed by atoms with Gasteiger partial charge in [-0.1, -0.05) is 11.3 Å². The van der Waals surface area contributed by atoms with E-state index in [1.807, 2.05) is 25.1 Å². The molecule has 0 radical (unpaired) electrons. The summed E-state index contributed by atoms with van der Waals surface area (Å²) in [4.78, 5) is 20.1. The average molecular weight is 459 g/mol. The Balaban J connectivity index is 1.62. The molecule has 0 atom stereocenters. The van der Waals surface area contributed by atoms with Crippen molar-refractivity contribution in [2.75, 3.05) is 37.4 Å². The molecule has 7 nitrogen and oxygen atoms in total. The third-order valence-corrected chi connectivity index (χ3v) is 8.67. The molecule has 0 bridgehead atoms. The third kappa shape index (κ3) is 4.17. The van der Waals surface area contributed by atoms with Gasteiger partial charge in [-0.05, 0) is 68.1 Å². The number of fused-ring (bicyclic) bond motifs is 1. The summed E-state index contributed by atoms with van der Waals surface area (Å²) in [6.07, 6.45) is 2.39. The number of sulfonamides is 1. The molecule has 0 spiro atoms. The van der Waals surface area contributed by atoms with E-state index in [0.29, 0.717) is 16.8 Å². The molecule has 1 amide bonds. The predicted molar refractivity (Wildman–Crippen MR) is 126 cm³/mol. The minimum absolute atomic E-state index is 0.149. The molecule has 0 unspecified atom stereocenters. The minimum Gasteiger partial charge on any atom is -0.348 e. The fourth-order valence-electron chi connectivity index (χ4n) is 3.66. The van der Waals surface area contributed by atoms with Crippen molar-refractivity contribution in [1.82, 2.24) is 9.29 Å². The summed E-state index contributed by atoms with van der Waals surface area (Å²) < 4.78 is 27.5. The van der Waals surface area contributed by atoms with Crippen molar-refractivity contribution < 1.29 is 13.2 Å². The van der Waals surface area contributed by atoms with E-state index in [0.717, 1.165) is 38.3 Å². The van der Waals surface area contributed by atoms with Gasteiger partial charge in [-0.3, -0.25) is 4.79 Å². The highest BCUT2D eigenvalue weighted by molar-refractivity contribution is 7.89. The number of carbonyl (C=O) groups excluding carboxylic acids is 1. The molecular weight excluding hydrogens is 432 g/mol. The largest absolute Gasteiger partial charge is 0.348 e. The van der Waals surface area contributed by atoms with E-state index < -0.39 is 10.0 Å². The first kappa shape index (κ1) is 21.7. The molecule has 31 heavy (non-hydrogen) atoms. The quantitative estimate of drug-likeness (QED) is 0.625. The molecule has 1 N–H and O–H groups in total. The topological polar surface area (TPSA) is 82.6 Å². The van der Waals surface area contributed by atoms with E-state index >= 15 is 0 Å². The van der Waals surface area contributed by atoms with Crippen LogP contribution in [0.5, 0.6) is 0 Å². The summed E-state index contributed by atoms with van der Waals surface area (Å²) in [5.74, 6) is -0.345. The molecule has 1 fully saturated rings. The Morgan fingerprint density at radius 2 is 1.84 bits per heavy atom. The second-order valence-electron chi connectivity index (χ2n) is 8.03. The maximum absolute atomic E-state index is 12.9. The molecular formula is C22H26N4O3S2. The van der Waals surface area contributed by atoms with Gasteiger partial charge >= 0.3 is 0 Å². The molecule has 2 heterocycles. The van der Waals surface area contributed by atoms with E-state index in [4.69, 9.17) is 4.98 Å². The van der Waals surface area contributed by atoms with Crippen molar-refractivity contribution in [3.8, 4) is 0 Å². The van der Waals surface area contributed by atoms with Gasteiger partial charge in [0.15, 0.2) is 5.13 Å². The number of aromatic nitrogens is 1. The van der Waals surface area contributed by atoms with Crippen LogP contribution >= 0.6 is 11.3 Å². The lowest BCUT2D eigenvalue weighted by atomic mass is 10.1. The van der Waals surface area contributed by atoms with E-state index in [2.05, 4.69) is 10.2 Å². The average Bonchev–Trinajstić information content (AvgIpc) is 3.38. The van der Waals surface area contributed by atoms with Gasteiger partial charge in [-0.25, -0.2) is 17.7 Å². The van der Waals surface area contributed by atoms with E-state index in [9.17, 15) is 13.2 Å². The lowest BCUT2D eigenvalue weighted by molar-refractivity contribution is 0.102. The molecule has 0 saturated carbocycles. The van der Waals surface area contributed by atoms with Gasteiger partial charge in [-0.2, -0.15) is 0 Å². The van der Waals surface area contributed by atoms with Crippen LogP contribution in [0.15, 0.2) is 35.2 Å². The monoisotopic (exact) mass is 458 g/mol. The molecule has 1 saturated heterocycles. The van der Waals surface area contributed by atoms with Crippen LogP contribution in [0, 0.1) is 13.8 Å². The summed E-state index contributed by atoms with van der Waals surface area (Å²) >= 11 is 1.62. The third-order valence-electron chi connectivity index (χ3n) is 5.65. The Hall–Kier alpha value is -2.49. The van der Waals surface area contributed by atoms with Gasteiger partial charge in [-0.15, -0.1) is 0 Å². The minimum atomic E-state index is -3.65. The summed E-state index contributed by atoms with van der Waals surface area (Å²) in [5.41, 5.74) is 3.28. The van der Waals surface area contributed by atoms with E-state index in [-0.39, 0.29) is 10.8 Å². The molecule has 2 aromatic carbocycles. The lowest BCUT2D eigenvalue weighted by Gasteiger charge is -2.16. The van der Waals surface area contributed by atoms with Crippen LogP contribution in [0.4, 0.5) is 10.8 Å². The maximum atomic E-state index is 12.9. The Bertz CT molecular complexity index is 1260. The number of benzene rings is 2. The van der Waals surface area contributed by atoms with Crippen molar-refractivity contribution in [2.24, 2.45) is 0 Å². The van der Waals surface area contributed by atoms with Crippen LogP contribution in [0.3, 0.4) is 0 Å². The zero-order chi connectivity index (χ0) is 22.3. The number of carbonyl (C=O) groups is 1. The van der Waals surface area contributed by atoms with Crippen LogP contribution < -0.4 is 10.2 Å². The highest BCUT2D eigenvalue weighted by Crippen LogP contribution is 2.32. The Morgan fingerprint density at radius 3 is 2.52 bits per heavy atom. The number of rotatable bonds is 5. The molecule has 9 heteroatoms. The number of hydrogen-bond donors (Lipinski definition) is 1. The van der Waals surface area contributed by atoms with Crippen LogP contribution in [-0.2, 0) is 10.0 Å². The van der Waals surface area contributed by atoms with E-state index in [1.54, 1.807) is 24.3 Å². The van der Waals surface area contributed by atoms with Gasteiger partial charge in [0.1, 0.15) is 0 Å². The smallest absolute Gasteiger partial charge is 0.255 e. The predicted octanol–water partition coefficient (Wildman–Crippen LogP) is 4.02. The molecule has 164 valence electrons. The number of nitrogens with one attached hydrogen (secondary N) is 1. The number of hydrogen-bond acceptors (Lipinski definition) is 6. The van der Waals surface area contributed by atoms with Crippen molar-refractivity contribution >= 4 is 48.3 Å². The first-order valence-electron chi connectivity index (χ1n) is 10.2. The fraction of sp³-hybridized carbons (Fsp3) is 0.364. The number of aryl methyl sites for hydroxylation is 1. The summed E-state index contributed by atoms with van der Waals surface area (Å²) in [6, 6.07) is 8.82. The highest BCUT2D eigenvalue weighted by atomic mass is 32.2. The molecule has 4 rings (SSSR count). The van der Waals surface area contributed by atoms with Gasteiger partial charge in [0.2, 0.25) is 10.0 Å².